The third-order valence-corrected chi connectivity index (χ3v) is 1.66. The predicted molar refractivity (Wildman–Crippen MR) is 44.1 cm³/mol. The van der Waals surface area contributed by atoms with Crippen molar-refractivity contribution in [2.24, 2.45) is 0 Å². The fourth-order valence-corrected chi connectivity index (χ4v) is 1.06. The lowest BCUT2D eigenvalue weighted by Crippen LogP contribution is -2.32. The van der Waals surface area contributed by atoms with Gasteiger partial charge in [0.1, 0.15) is 6.61 Å². The SMILES string of the molecule is Cc1cnn(C(OCC(F)(F)F)C(F)(F)F)c1. The van der Waals surface area contributed by atoms with Crippen molar-refractivity contribution in [3.63, 3.8) is 0 Å². The molecule has 0 saturated heterocycles. The van der Waals surface area contributed by atoms with Crippen molar-refractivity contribution in [3.05, 3.63) is 18.0 Å². The summed E-state index contributed by atoms with van der Waals surface area (Å²) in [5, 5.41) is 3.29. The highest BCUT2D eigenvalue weighted by Gasteiger charge is 2.45. The smallest absolute Gasteiger partial charge is 0.339 e. The zero-order chi connectivity index (χ0) is 13.3. The fourth-order valence-electron chi connectivity index (χ4n) is 1.06. The standard InChI is InChI=1S/C8H8F6N2O/c1-5-2-15-16(3-5)6(8(12,13)14)17-4-7(9,10)11/h2-3,6H,4H2,1H3. The summed E-state index contributed by atoms with van der Waals surface area (Å²) >= 11 is 0. The molecule has 0 saturated carbocycles. The first-order valence-corrected chi connectivity index (χ1v) is 4.35. The number of hydrogen-bond acceptors (Lipinski definition) is 2. The Labute approximate surface area is 92.0 Å². The summed E-state index contributed by atoms with van der Waals surface area (Å²) < 4.78 is 76.8. The molecule has 98 valence electrons. The van der Waals surface area contributed by atoms with Gasteiger partial charge in [0.25, 0.3) is 0 Å². The molecule has 0 aliphatic carbocycles. The van der Waals surface area contributed by atoms with Gasteiger partial charge in [0, 0.05) is 6.20 Å². The van der Waals surface area contributed by atoms with Crippen LogP contribution in [0.15, 0.2) is 12.4 Å². The lowest BCUT2D eigenvalue weighted by Gasteiger charge is -2.21. The van der Waals surface area contributed by atoms with Crippen LogP contribution in [0.3, 0.4) is 0 Å². The number of alkyl halides is 6. The van der Waals surface area contributed by atoms with E-state index in [2.05, 4.69) is 9.84 Å². The molecule has 0 amide bonds. The molecular formula is C8H8F6N2O. The average molecular weight is 262 g/mol. The van der Waals surface area contributed by atoms with E-state index in [1.807, 2.05) is 0 Å². The molecule has 1 aromatic rings. The second kappa shape index (κ2) is 4.55. The van der Waals surface area contributed by atoms with E-state index in [0.29, 0.717) is 10.2 Å². The van der Waals surface area contributed by atoms with Crippen LogP contribution in [0.1, 0.15) is 11.8 Å². The van der Waals surface area contributed by atoms with Crippen LogP contribution in [0.2, 0.25) is 0 Å². The van der Waals surface area contributed by atoms with Crippen LogP contribution in [-0.4, -0.2) is 28.7 Å². The van der Waals surface area contributed by atoms with E-state index in [-0.39, 0.29) is 0 Å². The Morgan fingerprint density at radius 3 is 2.24 bits per heavy atom. The molecule has 0 N–H and O–H groups in total. The number of ether oxygens (including phenoxy) is 1. The molecule has 0 radical (unpaired) electrons. The topological polar surface area (TPSA) is 27.1 Å². The molecule has 1 heterocycles. The van der Waals surface area contributed by atoms with Crippen LogP contribution in [0.25, 0.3) is 0 Å². The minimum Gasteiger partial charge on any atom is -0.339 e. The lowest BCUT2D eigenvalue weighted by atomic mass is 10.4. The van der Waals surface area contributed by atoms with Gasteiger partial charge >= 0.3 is 12.4 Å². The highest BCUT2D eigenvalue weighted by atomic mass is 19.4. The largest absolute Gasteiger partial charge is 0.435 e. The van der Waals surface area contributed by atoms with Crippen LogP contribution in [-0.2, 0) is 4.74 Å². The number of hydrogen-bond donors (Lipinski definition) is 0. The third kappa shape index (κ3) is 4.25. The molecule has 3 nitrogen and oxygen atoms in total. The van der Waals surface area contributed by atoms with Gasteiger partial charge in [0.05, 0.1) is 6.20 Å². The highest BCUT2D eigenvalue weighted by Crippen LogP contribution is 2.32. The molecule has 1 atom stereocenters. The quantitative estimate of drug-likeness (QED) is 0.783. The van der Waals surface area contributed by atoms with Crippen molar-refractivity contribution in [3.8, 4) is 0 Å². The van der Waals surface area contributed by atoms with Crippen LogP contribution in [0.4, 0.5) is 26.3 Å². The molecule has 0 spiro atoms. The average Bonchev–Trinajstić information content (AvgIpc) is 2.47. The highest BCUT2D eigenvalue weighted by molar-refractivity contribution is 5.00. The predicted octanol–water partition coefficient (Wildman–Crippen LogP) is 2.83. The molecule has 1 unspecified atom stereocenters. The van der Waals surface area contributed by atoms with Gasteiger partial charge < -0.3 is 4.74 Å². The minimum absolute atomic E-state index is 0.307. The molecule has 9 heteroatoms. The molecule has 0 bridgehead atoms. The second-order valence-corrected chi connectivity index (χ2v) is 3.32. The maximum Gasteiger partial charge on any atom is 0.435 e. The van der Waals surface area contributed by atoms with Gasteiger partial charge in [-0.05, 0) is 12.5 Å². The third-order valence-electron chi connectivity index (χ3n) is 1.66. The van der Waals surface area contributed by atoms with Gasteiger partial charge in [-0.15, -0.1) is 0 Å². The molecule has 0 fully saturated rings. The molecular weight excluding hydrogens is 254 g/mol. The zero-order valence-corrected chi connectivity index (χ0v) is 8.51. The first-order chi connectivity index (χ1) is 7.59. The maximum absolute atomic E-state index is 12.4. The molecule has 0 aliphatic rings. The molecule has 17 heavy (non-hydrogen) atoms. The first-order valence-electron chi connectivity index (χ1n) is 4.35. The summed E-state index contributed by atoms with van der Waals surface area (Å²) in [4.78, 5) is 0. The van der Waals surface area contributed by atoms with E-state index in [4.69, 9.17) is 0 Å². The van der Waals surface area contributed by atoms with Crippen LogP contribution in [0.5, 0.6) is 0 Å². The van der Waals surface area contributed by atoms with Gasteiger partial charge in [0.2, 0.25) is 6.23 Å². The van der Waals surface area contributed by atoms with Gasteiger partial charge in [-0.25, -0.2) is 4.68 Å². The van der Waals surface area contributed by atoms with Crippen LogP contribution in [0, 0.1) is 6.92 Å². The summed E-state index contributed by atoms with van der Waals surface area (Å²) in [7, 11) is 0. The summed E-state index contributed by atoms with van der Waals surface area (Å²) in [6, 6.07) is 0. The number of rotatable bonds is 3. The Balaban J connectivity index is 2.83. The summed E-state index contributed by atoms with van der Waals surface area (Å²) in [5.74, 6) is 0. The van der Waals surface area contributed by atoms with Crippen molar-refractivity contribution in [1.82, 2.24) is 9.78 Å². The molecule has 1 aromatic heterocycles. The number of aromatic nitrogens is 2. The van der Waals surface area contributed by atoms with Crippen LogP contribution >= 0.6 is 0 Å². The Bertz CT molecular complexity index is 369. The van der Waals surface area contributed by atoms with Gasteiger partial charge in [0.15, 0.2) is 0 Å². The first kappa shape index (κ1) is 13.8. The van der Waals surface area contributed by atoms with Crippen molar-refractivity contribution < 1.29 is 31.1 Å². The van der Waals surface area contributed by atoms with E-state index >= 15 is 0 Å². The Kier molecular flexibility index (Phi) is 3.70. The summed E-state index contributed by atoms with van der Waals surface area (Å²) in [5.41, 5.74) is 0.384. The van der Waals surface area contributed by atoms with E-state index in [1.165, 1.54) is 6.92 Å². The van der Waals surface area contributed by atoms with Crippen LogP contribution < -0.4 is 0 Å². The minimum atomic E-state index is -4.97. The Morgan fingerprint density at radius 2 is 1.88 bits per heavy atom. The Morgan fingerprint density at radius 1 is 1.29 bits per heavy atom. The molecule has 0 aromatic carbocycles. The van der Waals surface area contributed by atoms with Gasteiger partial charge in [-0.2, -0.15) is 31.4 Å². The zero-order valence-electron chi connectivity index (χ0n) is 8.51. The summed E-state index contributed by atoms with van der Waals surface area (Å²) in [6.45, 7) is -0.531. The second-order valence-electron chi connectivity index (χ2n) is 3.32. The van der Waals surface area contributed by atoms with Gasteiger partial charge in [-0.1, -0.05) is 0 Å². The fraction of sp³-hybridized carbons (Fsp3) is 0.625. The number of nitrogens with zero attached hydrogens (tertiary/aromatic N) is 2. The molecule has 0 aliphatic heterocycles. The van der Waals surface area contributed by atoms with E-state index in [9.17, 15) is 26.3 Å². The van der Waals surface area contributed by atoms with E-state index in [1.54, 1.807) is 0 Å². The normalized spacial score (nSPS) is 15.0. The van der Waals surface area contributed by atoms with E-state index < -0.39 is 25.2 Å². The van der Waals surface area contributed by atoms with E-state index in [0.717, 1.165) is 12.4 Å². The molecule has 1 rings (SSSR count). The van der Waals surface area contributed by atoms with Crippen molar-refractivity contribution >= 4 is 0 Å². The monoisotopic (exact) mass is 262 g/mol. The lowest BCUT2D eigenvalue weighted by molar-refractivity contribution is -0.281. The number of aryl methyl sites for hydroxylation is 1. The van der Waals surface area contributed by atoms with Crippen molar-refractivity contribution in [1.29, 1.82) is 0 Å². The summed E-state index contributed by atoms with van der Waals surface area (Å²) in [6.07, 6.45) is -10.5. The van der Waals surface area contributed by atoms with Gasteiger partial charge in [-0.3, -0.25) is 0 Å². The number of halogens is 6. The van der Waals surface area contributed by atoms with Crippen molar-refractivity contribution in [2.75, 3.05) is 6.61 Å². The Hall–Kier alpha value is -1.25. The maximum atomic E-state index is 12.4. The van der Waals surface area contributed by atoms with Crippen molar-refractivity contribution in [2.45, 2.75) is 25.5 Å².